The number of furan rings is 1. The summed E-state index contributed by atoms with van der Waals surface area (Å²) in [6, 6.07) is 63.2. The summed E-state index contributed by atoms with van der Waals surface area (Å²) >= 11 is 0. The van der Waals surface area contributed by atoms with E-state index in [1.165, 1.54) is 16.7 Å². The molecule has 230 valence electrons. The second-order valence-corrected chi connectivity index (χ2v) is 12.2. The summed E-state index contributed by atoms with van der Waals surface area (Å²) < 4.78 is 6.44. The standard InChI is InChI=1S/C46H30N2O/c1-4-12-31(13-5-1)33-20-22-34(23-21-33)35-24-26-37(27-25-35)42-30-41(36-16-8-3-9-17-36)47-46(48-42)40-28-38(32-14-6-2-7-15-32)29-44-45(40)39-18-10-11-19-43(39)49-44/h1-30H. The zero-order chi connectivity index (χ0) is 32.6. The SMILES string of the molecule is c1ccc(-c2ccc(-c3ccc(-c4cc(-c5ccccc5)nc(-c5cc(-c6ccccc6)cc6oc7ccccc7c56)n4)cc3)cc2)cc1. The first kappa shape index (κ1) is 28.6. The zero-order valence-electron chi connectivity index (χ0n) is 26.6. The van der Waals surface area contributed by atoms with E-state index >= 15 is 0 Å². The van der Waals surface area contributed by atoms with Crippen LogP contribution >= 0.6 is 0 Å². The topological polar surface area (TPSA) is 38.9 Å². The molecular formula is C46H30N2O. The van der Waals surface area contributed by atoms with Crippen molar-refractivity contribution < 1.29 is 4.42 Å². The van der Waals surface area contributed by atoms with E-state index in [4.69, 9.17) is 14.4 Å². The van der Waals surface area contributed by atoms with E-state index in [9.17, 15) is 0 Å². The van der Waals surface area contributed by atoms with Crippen LogP contribution < -0.4 is 0 Å². The van der Waals surface area contributed by atoms with Gasteiger partial charge in [-0.05, 0) is 57.6 Å². The average molecular weight is 627 g/mol. The van der Waals surface area contributed by atoms with Crippen molar-refractivity contribution >= 4 is 21.9 Å². The lowest BCUT2D eigenvalue weighted by Gasteiger charge is -2.12. The zero-order valence-corrected chi connectivity index (χ0v) is 26.6. The molecule has 3 heteroatoms. The molecule has 2 heterocycles. The summed E-state index contributed by atoms with van der Waals surface area (Å²) in [5.74, 6) is 0.659. The number of benzene rings is 7. The van der Waals surface area contributed by atoms with Crippen LogP contribution in [0.1, 0.15) is 0 Å². The highest BCUT2D eigenvalue weighted by Gasteiger charge is 2.19. The van der Waals surface area contributed by atoms with Gasteiger partial charge in [-0.3, -0.25) is 0 Å². The molecule has 0 atom stereocenters. The third-order valence-electron chi connectivity index (χ3n) is 9.13. The molecular weight excluding hydrogens is 597 g/mol. The van der Waals surface area contributed by atoms with Crippen LogP contribution in [-0.4, -0.2) is 9.97 Å². The molecule has 0 unspecified atom stereocenters. The van der Waals surface area contributed by atoms with Gasteiger partial charge in [-0.2, -0.15) is 0 Å². The summed E-state index contributed by atoms with van der Waals surface area (Å²) in [6.45, 7) is 0. The van der Waals surface area contributed by atoms with Crippen LogP contribution in [0.2, 0.25) is 0 Å². The Hall–Kier alpha value is -6.58. The van der Waals surface area contributed by atoms with Crippen molar-refractivity contribution in [1.82, 2.24) is 9.97 Å². The second kappa shape index (κ2) is 12.2. The largest absolute Gasteiger partial charge is 0.456 e. The van der Waals surface area contributed by atoms with Gasteiger partial charge in [0.1, 0.15) is 11.2 Å². The highest BCUT2D eigenvalue weighted by molar-refractivity contribution is 6.13. The number of para-hydroxylation sites is 1. The van der Waals surface area contributed by atoms with Crippen LogP contribution in [0.5, 0.6) is 0 Å². The van der Waals surface area contributed by atoms with Gasteiger partial charge in [0.15, 0.2) is 5.82 Å². The van der Waals surface area contributed by atoms with Gasteiger partial charge < -0.3 is 4.42 Å². The highest BCUT2D eigenvalue weighted by Crippen LogP contribution is 2.40. The van der Waals surface area contributed by atoms with E-state index in [0.717, 1.165) is 66.7 Å². The van der Waals surface area contributed by atoms with Gasteiger partial charge in [0.25, 0.3) is 0 Å². The first-order chi connectivity index (χ1) is 24.3. The molecule has 0 amide bonds. The third kappa shape index (κ3) is 5.48. The Bertz CT molecular complexity index is 2560. The van der Waals surface area contributed by atoms with E-state index in [2.05, 4.69) is 140 Å². The Morgan fingerprint density at radius 1 is 0.327 bits per heavy atom. The molecule has 9 rings (SSSR count). The fourth-order valence-electron chi connectivity index (χ4n) is 6.62. The highest BCUT2D eigenvalue weighted by atomic mass is 16.3. The minimum atomic E-state index is 0.659. The predicted octanol–water partition coefficient (Wildman–Crippen LogP) is 12.4. The van der Waals surface area contributed by atoms with E-state index in [1.807, 2.05) is 42.5 Å². The van der Waals surface area contributed by atoms with Gasteiger partial charge in [-0.15, -0.1) is 0 Å². The van der Waals surface area contributed by atoms with Crippen molar-refractivity contribution in [1.29, 1.82) is 0 Å². The summed E-state index contributed by atoms with van der Waals surface area (Å²) in [4.78, 5) is 10.5. The molecule has 3 nitrogen and oxygen atoms in total. The molecule has 7 aromatic carbocycles. The normalized spacial score (nSPS) is 11.3. The quantitative estimate of drug-likeness (QED) is 0.184. The number of fused-ring (bicyclic) bond motifs is 3. The molecule has 0 aliphatic rings. The van der Waals surface area contributed by atoms with E-state index in [-0.39, 0.29) is 0 Å². The molecule has 9 aromatic rings. The second-order valence-electron chi connectivity index (χ2n) is 12.2. The molecule has 49 heavy (non-hydrogen) atoms. The lowest BCUT2D eigenvalue weighted by molar-refractivity contribution is 0.669. The lowest BCUT2D eigenvalue weighted by atomic mass is 9.97. The van der Waals surface area contributed by atoms with E-state index in [0.29, 0.717) is 5.82 Å². The Morgan fingerprint density at radius 2 is 0.755 bits per heavy atom. The fourth-order valence-corrected chi connectivity index (χ4v) is 6.62. The Balaban J connectivity index is 1.18. The molecule has 0 radical (unpaired) electrons. The summed E-state index contributed by atoms with van der Waals surface area (Å²) in [6.07, 6.45) is 0. The van der Waals surface area contributed by atoms with Crippen molar-refractivity contribution in [3.05, 3.63) is 182 Å². The maximum Gasteiger partial charge on any atom is 0.161 e. The number of nitrogens with zero attached hydrogens (tertiary/aromatic N) is 2. The number of rotatable bonds is 6. The molecule has 0 bridgehead atoms. The molecule has 0 spiro atoms. The average Bonchev–Trinajstić information content (AvgIpc) is 3.57. The first-order valence-electron chi connectivity index (χ1n) is 16.5. The van der Waals surface area contributed by atoms with Crippen molar-refractivity contribution in [2.24, 2.45) is 0 Å². The molecule has 0 N–H and O–H groups in total. The van der Waals surface area contributed by atoms with Gasteiger partial charge >= 0.3 is 0 Å². The summed E-state index contributed by atoms with van der Waals surface area (Å²) in [7, 11) is 0. The minimum absolute atomic E-state index is 0.659. The fraction of sp³-hybridized carbons (Fsp3) is 0. The molecule has 0 aliphatic carbocycles. The Kier molecular flexibility index (Phi) is 7.14. The summed E-state index contributed by atoms with van der Waals surface area (Å²) in [5.41, 5.74) is 13.3. The van der Waals surface area contributed by atoms with Gasteiger partial charge in [0.05, 0.1) is 11.4 Å². The Labute approximate surface area is 284 Å². The number of hydrogen-bond acceptors (Lipinski definition) is 3. The number of aromatic nitrogens is 2. The molecule has 0 saturated heterocycles. The molecule has 0 aliphatic heterocycles. The third-order valence-corrected chi connectivity index (χ3v) is 9.13. The molecule has 0 saturated carbocycles. The van der Waals surface area contributed by atoms with Crippen molar-refractivity contribution in [2.45, 2.75) is 0 Å². The van der Waals surface area contributed by atoms with Crippen LogP contribution in [0.15, 0.2) is 186 Å². The Morgan fingerprint density at radius 3 is 1.33 bits per heavy atom. The van der Waals surface area contributed by atoms with Gasteiger partial charge in [-0.25, -0.2) is 9.97 Å². The summed E-state index contributed by atoms with van der Waals surface area (Å²) in [5, 5.41) is 2.06. The van der Waals surface area contributed by atoms with Crippen molar-refractivity contribution in [3.8, 4) is 67.3 Å². The number of hydrogen-bond donors (Lipinski definition) is 0. The van der Waals surface area contributed by atoms with Crippen LogP contribution in [0.4, 0.5) is 0 Å². The van der Waals surface area contributed by atoms with E-state index in [1.54, 1.807) is 0 Å². The van der Waals surface area contributed by atoms with E-state index < -0.39 is 0 Å². The molecule has 0 fully saturated rings. The molecule has 2 aromatic heterocycles. The first-order valence-corrected chi connectivity index (χ1v) is 16.5. The van der Waals surface area contributed by atoms with Gasteiger partial charge in [-0.1, -0.05) is 158 Å². The maximum atomic E-state index is 6.44. The monoisotopic (exact) mass is 626 g/mol. The smallest absolute Gasteiger partial charge is 0.161 e. The van der Waals surface area contributed by atoms with Crippen LogP contribution in [0, 0.1) is 0 Å². The van der Waals surface area contributed by atoms with Gasteiger partial charge in [0, 0.05) is 27.5 Å². The van der Waals surface area contributed by atoms with Crippen molar-refractivity contribution in [2.75, 3.05) is 0 Å². The minimum Gasteiger partial charge on any atom is -0.456 e. The van der Waals surface area contributed by atoms with Gasteiger partial charge in [0.2, 0.25) is 0 Å². The van der Waals surface area contributed by atoms with Crippen LogP contribution in [0.25, 0.3) is 89.2 Å². The lowest BCUT2D eigenvalue weighted by Crippen LogP contribution is -1.97. The van der Waals surface area contributed by atoms with Crippen LogP contribution in [-0.2, 0) is 0 Å². The van der Waals surface area contributed by atoms with Crippen molar-refractivity contribution in [3.63, 3.8) is 0 Å². The maximum absolute atomic E-state index is 6.44. The van der Waals surface area contributed by atoms with Crippen LogP contribution in [0.3, 0.4) is 0 Å². The predicted molar refractivity (Wildman–Crippen MR) is 202 cm³/mol.